The van der Waals surface area contributed by atoms with Crippen LogP contribution >= 0.6 is 0 Å². The Labute approximate surface area is 92.9 Å². The molecule has 1 amide bonds. The lowest BCUT2D eigenvalue weighted by Gasteiger charge is -2.28. The number of rotatable bonds is 3. The molecule has 0 aromatic heterocycles. The fraction of sp³-hybridized carbons (Fsp3) is 0.417. The Bertz CT molecular complexity index is 406. The molecular formula is C12H13F2NO. The Morgan fingerprint density at radius 1 is 1.38 bits per heavy atom. The van der Waals surface area contributed by atoms with Gasteiger partial charge in [-0.05, 0) is 36.6 Å². The van der Waals surface area contributed by atoms with Crippen LogP contribution in [0.1, 0.15) is 22.3 Å². The summed E-state index contributed by atoms with van der Waals surface area (Å²) in [5.41, 5.74) is 1.30. The molecule has 1 aliphatic rings. The van der Waals surface area contributed by atoms with Crippen molar-refractivity contribution in [3.05, 3.63) is 35.1 Å². The molecule has 0 bridgehead atoms. The van der Waals surface area contributed by atoms with Gasteiger partial charge in [-0.2, -0.15) is 0 Å². The molecule has 1 heterocycles. The van der Waals surface area contributed by atoms with Crippen LogP contribution in [0, 0.1) is 5.82 Å². The summed E-state index contributed by atoms with van der Waals surface area (Å²) in [7, 11) is 0. The molecule has 86 valence electrons. The maximum atomic E-state index is 12.9. The topological polar surface area (TPSA) is 20.3 Å². The van der Waals surface area contributed by atoms with Crippen molar-refractivity contribution in [2.24, 2.45) is 0 Å². The lowest BCUT2D eigenvalue weighted by Crippen LogP contribution is -2.38. The van der Waals surface area contributed by atoms with Gasteiger partial charge < -0.3 is 4.90 Å². The predicted octanol–water partition coefficient (Wildman–Crippen LogP) is 2.18. The van der Waals surface area contributed by atoms with Crippen molar-refractivity contribution in [3.8, 4) is 0 Å². The van der Waals surface area contributed by atoms with Crippen molar-refractivity contribution < 1.29 is 13.6 Å². The van der Waals surface area contributed by atoms with Crippen LogP contribution in [0.15, 0.2) is 18.2 Å². The average molecular weight is 225 g/mol. The molecule has 0 saturated heterocycles. The minimum absolute atomic E-state index is 0.116. The number of amides is 1. The van der Waals surface area contributed by atoms with E-state index in [1.165, 1.54) is 18.2 Å². The Morgan fingerprint density at radius 2 is 2.19 bits per heavy atom. The molecular weight excluding hydrogens is 212 g/mol. The number of alkyl halides is 1. The van der Waals surface area contributed by atoms with E-state index >= 15 is 0 Å². The predicted molar refractivity (Wildman–Crippen MR) is 56.6 cm³/mol. The van der Waals surface area contributed by atoms with Gasteiger partial charge in [0.25, 0.3) is 5.91 Å². The molecule has 0 fully saturated rings. The fourth-order valence-corrected chi connectivity index (χ4v) is 1.97. The number of hydrogen-bond donors (Lipinski definition) is 0. The fourth-order valence-electron chi connectivity index (χ4n) is 1.97. The van der Waals surface area contributed by atoms with Gasteiger partial charge in [0.15, 0.2) is 0 Å². The van der Waals surface area contributed by atoms with E-state index in [9.17, 15) is 13.6 Å². The third kappa shape index (κ3) is 2.05. The second-order valence-corrected chi connectivity index (χ2v) is 3.89. The van der Waals surface area contributed by atoms with Crippen molar-refractivity contribution in [2.45, 2.75) is 12.8 Å². The molecule has 0 atom stereocenters. The molecule has 1 aliphatic heterocycles. The van der Waals surface area contributed by atoms with E-state index in [2.05, 4.69) is 0 Å². The number of nitrogens with zero attached hydrogens (tertiary/aromatic N) is 1. The quantitative estimate of drug-likeness (QED) is 0.772. The van der Waals surface area contributed by atoms with Gasteiger partial charge in [0, 0.05) is 18.7 Å². The van der Waals surface area contributed by atoms with Crippen LogP contribution < -0.4 is 0 Å². The van der Waals surface area contributed by atoms with Crippen molar-refractivity contribution in [2.75, 3.05) is 19.8 Å². The van der Waals surface area contributed by atoms with Crippen molar-refractivity contribution >= 4 is 5.91 Å². The third-order valence-corrected chi connectivity index (χ3v) is 2.80. The van der Waals surface area contributed by atoms with Crippen LogP contribution in [-0.2, 0) is 6.42 Å². The Kier molecular flexibility index (Phi) is 3.17. The number of benzene rings is 1. The van der Waals surface area contributed by atoms with Gasteiger partial charge in [-0.1, -0.05) is 0 Å². The minimum atomic E-state index is -0.417. The Hall–Kier alpha value is -1.45. The molecule has 0 spiro atoms. The van der Waals surface area contributed by atoms with Crippen LogP contribution in [0.25, 0.3) is 0 Å². The first-order valence-corrected chi connectivity index (χ1v) is 5.36. The maximum Gasteiger partial charge on any atom is 0.254 e. The van der Waals surface area contributed by atoms with Gasteiger partial charge >= 0.3 is 0 Å². The molecule has 0 aliphatic carbocycles. The van der Waals surface area contributed by atoms with E-state index < -0.39 is 6.67 Å². The van der Waals surface area contributed by atoms with Gasteiger partial charge in [0.2, 0.25) is 0 Å². The highest BCUT2D eigenvalue weighted by Gasteiger charge is 2.23. The summed E-state index contributed by atoms with van der Waals surface area (Å²) in [6.07, 6.45) is 1.01. The largest absolute Gasteiger partial charge is 0.338 e. The van der Waals surface area contributed by atoms with Crippen LogP contribution in [-0.4, -0.2) is 30.6 Å². The monoisotopic (exact) mass is 225 g/mol. The summed E-state index contributed by atoms with van der Waals surface area (Å²) in [5.74, 6) is -0.432. The molecule has 2 rings (SSSR count). The zero-order chi connectivity index (χ0) is 11.5. The van der Waals surface area contributed by atoms with E-state index in [1.807, 2.05) is 0 Å². The first kappa shape index (κ1) is 11.0. The van der Waals surface area contributed by atoms with Crippen molar-refractivity contribution in [1.29, 1.82) is 0 Å². The second kappa shape index (κ2) is 4.60. The van der Waals surface area contributed by atoms with Crippen molar-refractivity contribution in [3.63, 3.8) is 0 Å². The van der Waals surface area contributed by atoms with Crippen LogP contribution in [0.4, 0.5) is 8.78 Å². The summed E-state index contributed by atoms with van der Waals surface area (Å²) < 4.78 is 25.0. The molecule has 0 saturated carbocycles. The normalized spacial score (nSPS) is 15.1. The molecule has 2 nitrogen and oxygen atoms in total. The zero-order valence-corrected chi connectivity index (χ0v) is 8.88. The Balaban J connectivity index is 2.19. The molecule has 1 aromatic carbocycles. The molecule has 16 heavy (non-hydrogen) atoms. The summed E-state index contributed by atoms with van der Waals surface area (Å²) in [4.78, 5) is 13.5. The molecule has 0 N–H and O–H groups in total. The smallest absolute Gasteiger partial charge is 0.254 e. The molecule has 1 aromatic rings. The first-order chi connectivity index (χ1) is 7.72. The Morgan fingerprint density at radius 3 is 2.94 bits per heavy atom. The number of fused-ring (bicyclic) bond motifs is 1. The average Bonchev–Trinajstić information content (AvgIpc) is 2.28. The van der Waals surface area contributed by atoms with E-state index in [4.69, 9.17) is 0 Å². The highest BCUT2D eigenvalue weighted by molar-refractivity contribution is 5.96. The van der Waals surface area contributed by atoms with Gasteiger partial charge in [0.05, 0.1) is 6.67 Å². The maximum absolute atomic E-state index is 12.9. The highest BCUT2D eigenvalue weighted by atomic mass is 19.1. The van der Waals surface area contributed by atoms with Crippen LogP contribution in [0.3, 0.4) is 0 Å². The molecule has 0 radical (unpaired) electrons. The van der Waals surface area contributed by atoms with Crippen LogP contribution in [0.5, 0.6) is 0 Å². The number of halogens is 2. The summed E-state index contributed by atoms with van der Waals surface area (Å²) in [6, 6.07) is 4.20. The van der Waals surface area contributed by atoms with Gasteiger partial charge in [0.1, 0.15) is 5.82 Å². The van der Waals surface area contributed by atoms with Crippen LogP contribution in [0.2, 0.25) is 0 Å². The van der Waals surface area contributed by atoms with Crippen molar-refractivity contribution in [1.82, 2.24) is 4.90 Å². The summed E-state index contributed by atoms with van der Waals surface area (Å²) in [6.45, 7) is 0.571. The standard InChI is InChI=1S/C12H13F2NO/c13-5-1-6-15-7-4-9-8-10(14)2-3-11(9)12(15)16/h2-3,8H,1,4-7H2. The highest BCUT2D eigenvalue weighted by Crippen LogP contribution is 2.20. The number of hydrogen-bond acceptors (Lipinski definition) is 1. The van der Waals surface area contributed by atoms with E-state index in [0.29, 0.717) is 31.5 Å². The van der Waals surface area contributed by atoms with E-state index in [1.54, 1.807) is 4.90 Å². The number of carbonyl (C=O) groups excluding carboxylic acids is 1. The summed E-state index contributed by atoms with van der Waals surface area (Å²) >= 11 is 0. The number of carbonyl (C=O) groups is 1. The first-order valence-electron chi connectivity index (χ1n) is 5.36. The van der Waals surface area contributed by atoms with Gasteiger partial charge in [-0.25, -0.2) is 4.39 Å². The third-order valence-electron chi connectivity index (χ3n) is 2.80. The lowest BCUT2D eigenvalue weighted by atomic mass is 9.99. The second-order valence-electron chi connectivity index (χ2n) is 3.89. The van der Waals surface area contributed by atoms with Gasteiger partial charge in [-0.3, -0.25) is 9.18 Å². The van der Waals surface area contributed by atoms with E-state index in [0.717, 1.165) is 5.56 Å². The minimum Gasteiger partial charge on any atom is -0.338 e. The van der Waals surface area contributed by atoms with E-state index in [-0.39, 0.29) is 11.7 Å². The SMILES string of the molecule is O=C1c2ccc(F)cc2CCN1CCCF. The molecule has 4 heteroatoms. The molecule has 0 unspecified atom stereocenters. The lowest BCUT2D eigenvalue weighted by molar-refractivity contribution is 0.0735. The van der Waals surface area contributed by atoms with Gasteiger partial charge in [-0.15, -0.1) is 0 Å². The summed E-state index contributed by atoms with van der Waals surface area (Å²) in [5, 5.41) is 0. The zero-order valence-electron chi connectivity index (χ0n) is 8.88.